The Morgan fingerprint density at radius 3 is 2.69 bits per heavy atom. The molecule has 0 aliphatic heterocycles. The molecule has 1 aromatic carbocycles. The van der Waals surface area contributed by atoms with Gasteiger partial charge in [0, 0.05) is 28.2 Å². The van der Waals surface area contributed by atoms with Crippen LogP contribution in [0.25, 0.3) is 0 Å². The van der Waals surface area contributed by atoms with Crippen molar-refractivity contribution >= 4 is 15.4 Å². The van der Waals surface area contributed by atoms with Crippen LogP contribution < -0.4 is 4.74 Å². The van der Waals surface area contributed by atoms with E-state index in [0.29, 0.717) is 25.7 Å². The number of aliphatic hydroxyl groups is 1. The highest BCUT2D eigenvalue weighted by molar-refractivity contribution is 7.09. The summed E-state index contributed by atoms with van der Waals surface area (Å²) in [6, 6.07) is 4.40. The molecule has 0 bridgehead atoms. The van der Waals surface area contributed by atoms with Crippen molar-refractivity contribution in [3.63, 3.8) is 0 Å². The lowest BCUT2D eigenvalue weighted by molar-refractivity contribution is -0.147. The van der Waals surface area contributed by atoms with E-state index in [1.807, 2.05) is 12.2 Å². The van der Waals surface area contributed by atoms with Crippen LogP contribution in [-0.4, -0.2) is 42.2 Å². The molecule has 4 unspecified atom stereocenters. The van der Waals surface area contributed by atoms with Gasteiger partial charge >= 0.3 is 12.1 Å². The van der Waals surface area contributed by atoms with Crippen LogP contribution in [0, 0.1) is 11.8 Å². The number of esters is 1. The second kappa shape index (κ2) is 14.7. The number of hydrogen-bond acceptors (Lipinski definition) is 5. The van der Waals surface area contributed by atoms with Crippen LogP contribution in [0.5, 0.6) is 5.75 Å². The van der Waals surface area contributed by atoms with Crippen LogP contribution in [-0.2, 0) is 20.2 Å². The monoisotopic (exact) mass is 534 g/mol. The number of allylic oxidation sites excluding steroid dienone is 3. The summed E-state index contributed by atoms with van der Waals surface area (Å²) in [5, 5.41) is 10.2. The number of carbonyl (C=O) groups excluding carboxylic acids is 1. The Morgan fingerprint density at radius 1 is 1.28 bits per heavy atom. The molecule has 1 aromatic rings. The molecule has 2 rings (SSSR count). The molecule has 1 aliphatic rings. The largest absolute Gasteiger partial charge is 0.491 e. The van der Waals surface area contributed by atoms with Gasteiger partial charge in [-0.3, -0.25) is 4.79 Å². The van der Waals surface area contributed by atoms with E-state index in [4.69, 9.17) is 14.0 Å². The Labute approximate surface area is 212 Å². The summed E-state index contributed by atoms with van der Waals surface area (Å²) in [6.07, 6.45) is 2.13. The van der Waals surface area contributed by atoms with Crippen LogP contribution in [0.2, 0.25) is 0 Å². The first-order valence-corrected chi connectivity index (χ1v) is 12.5. The standard InChI is InChI=1S/C26H35F4O5P/c1-17(2)34-25(32)11-6-4-3-5-10-22-21(23(27)15-24(22)35-36)13-12-19(31)16-33-20-9-7-8-18(14-20)26(28,29)30/h3,5,7-9,12-14,17,19,21-24,31H,4,6,10-11,15-16,36H2,1-2H3/b5-3-,13-12+/t19?,21-,22-,23?,24?/m1/s1. The fourth-order valence-electron chi connectivity index (χ4n) is 4.11. The number of ether oxygens (including phenoxy) is 2. The molecule has 0 spiro atoms. The highest BCUT2D eigenvalue weighted by Gasteiger charge is 2.42. The molecule has 1 fully saturated rings. The first kappa shape index (κ1) is 30.3. The van der Waals surface area contributed by atoms with Gasteiger partial charge in [0.2, 0.25) is 0 Å². The zero-order valence-electron chi connectivity index (χ0n) is 20.5. The van der Waals surface area contributed by atoms with Gasteiger partial charge in [-0.05, 0) is 57.2 Å². The van der Waals surface area contributed by atoms with Crippen LogP contribution in [0.4, 0.5) is 17.6 Å². The minimum atomic E-state index is -4.49. The molecular weight excluding hydrogens is 499 g/mol. The number of aliphatic hydroxyl groups excluding tert-OH is 1. The van der Waals surface area contributed by atoms with Crippen molar-refractivity contribution in [3.8, 4) is 5.75 Å². The third-order valence-corrected chi connectivity index (χ3v) is 6.20. The van der Waals surface area contributed by atoms with Crippen molar-refractivity contribution in [1.29, 1.82) is 0 Å². The molecule has 36 heavy (non-hydrogen) atoms. The molecule has 0 saturated heterocycles. The fourth-order valence-corrected chi connectivity index (χ4v) is 4.42. The number of alkyl halides is 4. The van der Waals surface area contributed by atoms with Gasteiger partial charge in [-0.2, -0.15) is 13.2 Å². The van der Waals surface area contributed by atoms with Gasteiger partial charge in [0.25, 0.3) is 0 Å². The van der Waals surface area contributed by atoms with Crippen LogP contribution >= 0.6 is 9.47 Å². The zero-order chi connectivity index (χ0) is 26.7. The number of carbonyl (C=O) groups is 1. The van der Waals surface area contributed by atoms with Gasteiger partial charge in [-0.15, -0.1) is 0 Å². The topological polar surface area (TPSA) is 65.0 Å². The lowest BCUT2D eigenvalue weighted by Crippen LogP contribution is -2.21. The summed E-state index contributed by atoms with van der Waals surface area (Å²) >= 11 is 0. The van der Waals surface area contributed by atoms with Crippen LogP contribution in [0.1, 0.15) is 51.5 Å². The smallest absolute Gasteiger partial charge is 0.416 e. The predicted octanol–water partition coefficient (Wildman–Crippen LogP) is 6.22. The fraction of sp³-hybridized carbons (Fsp3) is 0.577. The van der Waals surface area contributed by atoms with E-state index in [9.17, 15) is 27.5 Å². The number of rotatable bonds is 13. The van der Waals surface area contributed by atoms with E-state index in [1.165, 1.54) is 18.2 Å². The molecular formula is C26H35F4O5P. The molecule has 0 radical (unpaired) electrons. The molecule has 1 aliphatic carbocycles. The summed E-state index contributed by atoms with van der Waals surface area (Å²) in [5.74, 6) is -0.901. The van der Waals surface area contributed by atoms with Crippen molar-refractivity contribution in [2.24, 2.45) is 11.8 Å². The van der Waals surface area contributed by atoms with E-state index >= 15 is 0 Å². The molecule has 0 amide bonds. The maximum Gasteiger partial charge on any atom is 0.416 e. The van der Waals surface area contributed by atoms with Crippen LogP contribution in [0.3, 0.4) is 0 Å². The molecule has 1 N–H and O–H groups in total. The third kappa shape index (κ3) is 10.2. The molecule has 0 aromatic heterocycles. The van der Waals surface area contributed by atoms with Gasteiger partial charge in [0.15, 0.2) is 0 Å². The van der Waals surface area contributed by atoms with Crippen molar-refractivity contribution in [2.45, 2.75) is 76.6 Å². The Bertz CT molecular complexity index is 874. The maximum atomic E-state index is 14.7. The van der Waals surface area contributed by atoms with Crippen molar-refractivity contribution in [1.82, 2.24) is 0 Å². The summed E-state index contributed by atoms with van der Waals surface area (Å²) in [4.78, 5) is 11.6. The zero-order valence-corrected chi connectivity index (χ0v) is 21.6. The number of halogens is 4. The van der Waals surface area contributed by atoms with Gasteiger partial charge < -0.3 is 19.1 Å². The molecule has 5 nitrogen and oxygen atoms in total. The molecule has 0 heterocycles. The minimum Gasteiger partial charge on any atom is -0.491 e. The summed E-state index contributed by atoms with van der Waals surface area (Å²) < 4.78 is 69.0. The minimum absolute atomic E-state index is 0.0153. The van der Waals surface area contributed by atoms with Gasteiger partial charge in [0.05, 0.1) is 17.8 Å². The van der Waals surface area contributed by atoms with Gasteiger partial charge in [-0.25, -0.2) is 4.39 Å². The van der Waals surface area contributed by atoms with Crippen LogP contribution in [0.15, 0.2) is 48.6 Å². The first-order valence-electron chi connectivity index (χ1n) is 12.0. The predicted molar refractivity (Wildman–Crippen MR) is 132 cm³/mol. The highest BCUT2D eigenvalue weighted by Crippen LogP contribution is 2.40. The van der Waals surface area contributed by atoms with E-state index in [-0.39, 0.29) is 42.9 Å². The lowest BCUT2D eigenvalue weighted by Gasteiger charge is -2.21. The molecule has 6 atom stereocenters. The Hall–Kier alpha value is -1.96. The summed E-state index contributed by atoms with van der Waals surface area (Å²) in [6.45, 7) is 3.33. The second-order valence-corrected chi connectivity index (χ2v) is 9.37. The quantitative estimate of drug-likeness (QED) is 0.107. The van der Waals surface area contributed by atoms with Crippen molar-refractivity contribution < 1.29 is 41.5 Å². The summed E-state index contributed by atoms with van der Waals surface area (Å²) in [5.41, 5.74) is -0.842. The van der Waals surface area contributed by atoms with E-state index in [1.54, 1.807) is 19.9 Å². The normalized spacial score (nSPS) is 23.6. The number of benzene rings is 1. The molecule has 1 saturated carbocycles. The van der Waals surface area contributed by atoms with Gasteiger partial charge in [0.1, 0.15) is 24.6 Å². The van der Waals surface area contributed by atoms with Gasteiger partial charge in [-0.1, -0.05) is 30.4 Å². The van der Waals surface area contributed by atoms with E-state index in [2.05, 4.69) is 9.47 Å². The lowest BCUT2D eigenvalue weighted by atomic mass is 9.90. The Balaban J connectivity index is 1.87. The van der Waals surface area contributed by atoms with Crippen molar-refractivity contribution in [2.75, 3.05) is 6.61 Å². The average Bonchev–Trinajstić information content (AvgIpc) is 3.11. The first-order chi connectivity index (χ1) is 17.0. The average molecular weight is 535 g/mol. The molecule has 10 heteroatoms. The second-order valence-electron chi connectivity index (χ2n) is 9.09. The van der Waals surface area contributed by atoms with Crippen molar-refractivity contribution in [3.05, 3.63) is 54.1 Å². The van der Waals surface area contributed by atoms with E-state index in [0.717, 1.165) is 12.1 Å². The molecule has 202 valence electrons. The SMILES string of the molecule is CC(C)OC(=O)CCC/C=C\C[C@H]1C(OP)CC(F)[C@@H]1/C=C/C(O)COc1cccc(C(F)(F)F)c1. The number of unbranched alkanes of at least 4 members (excludes halogenated alkanes) is 1. The number of hydrogen-bond donors (Lipinski definition) is 1. The van der Waals surface area contributed by atoms with E-state index < -0.39 is 29.9 Å². The Morgan fingerprint density at radius 2 is 2.03 bits per heavy atom. The maximum absolute atomic E-state index is 14.7. The summed E-state index contributed by atoms with van der Waals surface area (Å²) in [7, 11) is 2.18. The third-order valence-electron chi connectivity index (χ3n) is 5.85. The highest BCUT2D eigenvalue weighted by atomic mass is 31.0. The Kier molecular flexibility index (Phi) is 12.4.